The van der Waals surface area contributed by atoms with E-state index >= 15 is 0 Å². The van der Waals surface area contributed by atoms with Crippen LogP contribution in [0.3, 0.4) is 0 Å². The van der Waals surface area contributed by atoms with Crippen molar-refractivity contribution < 1.29 is 9.32 Å². The molecule has 18 heavy (non-hydrogen) atoms. The van der Waals surface area contributed by atoms with Gasteiger partial charge in [0, 0.05) is 20.4 Å². The lowest BCUT2D eigenvalue weighted by Crippen LogP contribution is -2.02. The van der Waals surface area contributed by atoms with E-state index in [1.807, 2.05) is 6.07 Å². The molecule has 5 heteroatoms. The second kappa shape index (κ2) is 4.63. The first-order valence-electron chi connectivity index (χ1n) is 5.61. The number of halogens is 2. The number of ketones is 1. The summed E-state index contributed by atoms with van der Waals surface area (Å²) in [4.78, 5) is 12.4. The number of hydrogen-bond donors (Lipinski definition) is 0. The third kappa shape index (κ3) is 2.17. The van der Waals surface area contributed by atoms with Gasteiger partial charge >= 0.3 is 0 Å². The fraction of sp³-hybridized carbons (Fsp3) is 0.231. The maximum atomic E-state index is 12.4. The fourth-order valence-electron chi connectivity index (χ4n) is 1.85. The van der Waals surface area contributed by atoms with E-state index in [0.717, 1.165) is 27.5 Å². The van der Waals surface area contributed by atoms with Gasteiger partial charge in [0.25, 0.3) is 0 Å². The summed E-state index contributed by atoms with van der Waals surface area (Å²) in [6, 6.07) is 5.44. The molecule has 0 amide bonds. The summed E-state index contributed by atoms with van der Waals surface area (Å²) in [7, 11) is 0. The predicted octanol–water partition coefficient (Wildman–Crippen LogP) is 4.31. The summed E-state index contributed by atoms with van der Waals surface area (Å²) in [6.45, 7) is 0. The van der Waals surface area contributed by atoms with Gasteiger partial charge in [-0.15, -0.1) is 0 Å². The molecule has 2 aromatic rings. The molecule has 0 bridgehead atoms. The van der Waals surface area contributed by atoms with E-state index in [0.29, 0.717) is 17.0 Å². The molecule has 92 valence electrons. The van der Waals surface area contributed by atoms with Crippen LogP contribution in [0.2, 0.25) is 0 Å². The van der Waals surface area contributed by atoms with Crippen molar-refractivity contribution in [3.8, 4) is 0 Å². The average molecular weight is 371 g/mol. The minimum atomic E-state index is -0.0358. The Morgan fingerprint density at radius 3 is 2.72 bits per heavy atom. The van der Waals surface area contributed by atoms with Crippen LogP contribution in [0.4, 0.5) is 0 Å². The molecule has 0 radical (unpaired) electrons. The van der Waals surface area contributed by atoms with E-state index < -0.39 is 0 Å². The molecule has 0 aliphatic heterocycles. The lowest BCUT2D eigenvalue weighted by atomic mass is 10.0. The van der Waals surface area contributed by atoms with Crippen LogP contribution in [0, 0.1) is 0 Å². The Hall–Kier alpha value is -0.940. The first-order chi connectivity index (χ1) is 8.66. The molecular formula is C13H9Br2NO2. The maximum absolute atomic E-state index is 12.4. The first kappa shape index (κ1) is 12.1. The second-order valence-electron chi connectivity index (χ2n) is 4.34. The molecule has 3 rings (SSSR count). The topological polar surface area (TPSA) is 43.1 Å². The zero-order valence-corrected chi connectivity index (χ0v) is 12.5. The lowest BCUT2D eigenvalue weighted by molar-refractivity contribution is 0.103. The van der Waals surface area contributed by atoms with E-state index in [1.165, 1.54) is 6.20 Å². The molecule has 1 aromatic heterocycles. The molecule has 0 spiro atoms. The number of benzene rings is 1. The third-order valence-electron chi connectivity index (χ3n) is 2.97. The second-order valence-corrected chi connectivity index (χ2v) is 6.04. The minimum Gasteiger partial charge on any atom is -0.360 e. The van der Waals surface area contributed by atoms with E-state index in [4.69, 9.17) is 4.52 Å². The van der Waals surface area contributed by atoms with Gasteiger partial charge in [0.2, 0.25) is 0 Å². The van der Waals surface area contributed by atoms with Gasteiger partial charge in [0.05, 0.1) is 11.8 Å². The van der Waals surface area contributed by atoms with Gasteiger partial charge in [0.15, 0.2) is 11.5 Å². The Kier molecular flexibility index (Phi) is 3.11. The quantitative estimate of drug-likeness (QED) is 0.756. The van der Waals surface area contributed by atoms with Crippen LogP contribution in [0.25, 0.3) is 0 Å². The molecule has 1 heterocycles. The number of carbonyl (C=O) groups excluding carboxylic acids is 1. The summed E-state index contributed by atoms with van der Waals surface area (Å²) < 4.78 is 6.98. The molecule has 0 atom stereocenters. The predicted molar refractivity (Wildman–Crippen MR) is 73.8 cm³/mol. The Labute approximate surface area is 121 Å². The smallest absolute Gasteiger partial charge is 0.198 e. The van der Waals surface area contributed by atoms with Crippen LogP contribution in [-0.2, 0) is 0 Å². The van der Waals surface area contributed by atoms with Crippen molar-refractivity contribution >= 4 is 37.6 Å². The number of nitrogens with zero attached hydrogens (tertiary/aromatic N) is 1. The van der Waals surface area contributed by atoms with Crippen molar-refractivity contribution in [2.24, 2.45) is 0 Å². The third-order valence-corrected chi connectivity index (χ3v) is 4.85. The highest BCUT2D eigenvalue weighted by Crippen LogP contribution is 2.42. The Morgan fingerprint density at radius 2 is 2.06 bits per heavy atom. The van der Waals surface area contributed by atoms with Crippen molar-refractivity contribution in [3.63, 3.8) is 0 Å². The lowest BCUT2D eigenvalue weighted by Gasteiger charge is -2.02. The number of aromatic nitrogens is 1. The largest absolute Gasteiger partial charge is 0.360 e. The summed E-state index contributed by atoms with van der Waals surface area (Å²) in [5, 5.41) is 3.75. The molecule has 1 aliphatic carbocycles. The molecule has 0 unspecified atom stereocenters. The molecule has 1 fully saturated rings. The molecular weight excluding hydrogens is 362 g/mol. The van der Waals surface area contributed by atoms with Crippen molar-refractivity contribution in [2.75, 3.05) is 0 Å². The summed E-state index contributed by atoms with van der Waals surface area (Å²) in [5.41, 5.74) is 1.22. The van der Waals surface area contributed by atoms with Crippen molar-refractivity contribution in [1.29, 1.82) is 0 Å². The number of carbonyl (C=O) groups is 1. The van der Waals surface area contributed by atoms with E-state index in [-0.39, 0.29) is 5.78 Å². The first-order valence-corrected chi connectivity index (χ1v) is 7.19. The van der Waals surface area contributed by atoms with Crippen LogP contribution >= 0.6 is 31.9 Å². The normalized spacial score (nSPS) is 14.8. The molecule has 1 aromatic carbocycles. The molecule has 3 nitrogen and oxygen atoms in total. The summed E-state index contributed by atoms with van der Waals surface area (Å²) in [5.74, 6) is 1.08. The van der Waals surface area contributed by atoms with Crippen molar-refractivity contribution in [3.05, 3.63) is 50.2 Å². The zero-order valence-electron chi connectivity index (χ0n) is 9.32. The van der Waals surface area contributed by atoms with Gasteiger partial charge in [-0.1, -0.05) is 5.16 Å². The Bertz CT molecular complexity index is 617. The van der Waals surface area contributed by atoms with E-state index in [2.05, 4.69) is 37.0 Å². The highest BCUT2D eigenvalue weighted by Gasteiger charge is 2.32. The fourth-order valence-corrected chi connectivity index (χ4v) is 2.48. The molecule has 0 saturated heterocycles. The van der Waals surface area contributed by atoms with Crippen LogP contribution < -0.4 is 0 Å². The SMILES string of the molecule is O=C(c1ccc(Br)c(Br)c1)c1cnoc1C1CC1. The Morgan fingerprint density at radius 1 is 1.28 bits per heavy atom. The highest BCUT2D eigenvalue weighted by molar-refractivity contribution is 9.13. The standard InChI is InChI=1S/C13H9Br2NO2/c14-10-4-3-8(5-11(10)15)12(17)9-6-16-18-13(9)7-1-2-7/h3-7H,1-2H2. The van der Waals surface area contributed by atoms with Gasteiger partial charge in [-0.3, -0.25) is 4.79 Å². The van der Waals surface area contributed by atoms with E-state index in [9.17, 15) is 4.79 Å². The number of hydrogen-bond acceptors (Lipinski definition) is 3. The average Bonchev–Trinajstić information content (AvgIpc) is 3.09. The molecule has 1 saturated carbocycles. The zero-order chi connectivity index (χ0) is 12.7. The van der Waals surface area contributed by atoms with Gasteiger partial charge in [-0.05, 0) is 62.9 Å². The van der Waals surface area contributed by atoms with Crippen LogP contribution in [-0.4, -0.2) is 10.9 Å². The summed E-state index contributed by atoms with van der Waals surface area (Å²) in [6.07, 6.45) is 3.69. The van der Waals surface area contributed by atoms with E-state index in [1.54, 1.807) is 12.1 Å². The van der Waals surface area contributed by atoms with Crippen LogP contribution in [0.5, 0.6) is 0 Å². The highest BCUT2D eigenvalue weighted by atomic mass is 79.9. The minimum absolute atomic E-state index is 0.0358. The van der Waals surface area contributed by atoms with Gasteiger partial charge in [0.1, 0.15) is 0 Å². The monoisotopic (exact) mass is 369 g/mol. The summed E-state index contributed by atoms with van der Waals surface area (Å²) >= 11 is 6.79. The van der Waals surface area contributed by atoms with Crippen molar-refractivity contribution in [1.82, 2.24) is 5.16 Å². The maximum Gasteiger partial charge on any atom is 0.198 e. The Balaban J connectivity index is 1.98. The van der Waals surface area contributed by atoms with Crippen molar-refractivity contribution in [2.45, 2.75) is 18.8 Å². The van der Waals surface area contributed by atoms with Crippen LogP contribution in [0.1, 0.15) is 40.4 Å². The van der Waals surface area contributed by atoms with Gasteiger partial charge in [-0.2, -0.15) is 0 Å². The van der Waals surface area contributed by atoms with Crippen LogP contribution in [0.15, 0.2) is 37.9 Å². The molecule has 1 aliphatic rings. The number of rotatable bonds is 3. The van der Waals surface area contributed by atoms with Gasteiger partial charge in [-0.25, -0.2) is 0 Å². The molecule has 0 N–H and O–H groups in total. The van der Waals surface area contributed by atoms with Gasteiger partial charge < -0.3 is 4.52 Å².